The molecule has 3 nitrogen and oxygen atoms in total. The first-order chi connectivity index (χ1) is 8.72. The predicted molar refractivity (Wildman–Crippen MR) is 71.0 cm³/mol. The van der Waals surface area contributed by atoms with Crippen molar-refractivity contribution in [3.05, 3.63) is 42.0 Å². The van der Waals surface area contributed by atoms with Gasteiger partial charge in [-0.3, -0.25) is 4.79 Å². The zero-order valence-corrected chi connectivity index (χ0v) is 10.7. The predicted octanol–water partition coefficient (Wildman–Crippen LogP) is 3.13. The van der Waals surface area contributed by atoms with Crippen molar-refractivity contribution in [2.75, 3.05) is 13.2 Å². The summed E-state index contributed by atoms with van der Waals surface area (Å²) in [6, 6.07) is 11.7. The number of ether oxygens (including phenoxy) is 2. The number of rotatable bonds is 4. The van der Waals surface area contributed by atoms with Crippen LogP contribution in [0.25, 0.3) is 10.8 Å². The van der Waals surface area contributed by atoms with E-state index in [0.29, 0.717) is 0 Å². The molecule has 0 spiro atoms. The molecule has 0 bridgehead atoms. The summed E-state index contributed by atoms with van der Waals surface area (Å²) in [5.41, 5.74) is 0.931. The minimum atomic E-state index is -0.239. The van der Waals surface area contributed by atoms with Gasteiger partial charge in [0, 0.05) is 0 Å². The molecule has 0 heterocycles. The van der Waals surface area contributed by atoms with Gasteiger partial charge in [-0.05, 0) is 28.5 Å². The van der Waals surface area contributed by atoms with E-state index in [1.54, 1.807) is 0 Å². The van der Waals surface area contributed by atoms with Crippen LogP contribution >= 0.6 is 11.6 Å². The highest BCUT2D eigenvalue weighted by molar-refractivity contribution is 6.17. The normalized spacial score (nSPS) is 10.3. The third kappa shape index (κ3) is 2.93. The van der Waals surface area contributed by atoms with Crippen LogP contribution in [-0.4, -0.2) is 19.1 Å². The Morgan fingerprint density at radius 3 is 2.61 bits per heavy atom. The Morgan fingerprint density at radius 1 is 1.17 bits per heavy atom. The molecule has 0 fully saturated rings. The van der Waals surface area contributed by atoms with E-state index in [9.17, 15) is 4.79 Å². The average Bonchev–Trinajstić information content (AvgIpc) is 2.39. The number of fused-ring (bicyclic) bond motifs is 1. The minimum Gasteiger partial charge on any atom is -0.478 e. The minimum absolute atomic E-state index is 0.131. The van der Waals surface area contributed by atoms with Gasteiger partial charge in [0.2, 0.25) is 0 Å². The van der Waals surface area contributed by atoms with Gasteiger partial charge in [-0.2, -0.15) is 0 Å². The summed E-state index contributed by atoms with van der Waals surface area (Å²) in [5, 5.41) is 2.10. The van der Waals surface area contributed by atoms with Crippen LogP contribution in [0.3, 0.4) is 0 Å². The van der Waals surface area contributed by atoms with Crippen LogP contribution in [0.2, 0.25) is 0 Å². The molecule has 0 aliphatic heterocycles. The van der Waals surface area contributed by atoms with E-state index in [2.05, 4.69) is 4.74 Å². The Kier molecular flexibility index (Phi) is 4.05. The first-order valence-electron chi connectivity index (χ1n) is 5.51. The van der Waals surface area contributed by atoms with Gasteiger partial charge < -0.3 is 9.47 Å². The Bertz CT molecular complexity index is 566. The maximum absolute atomic E-state index is 11.2. The second-order valence-electron chi connectivity index (χ2n) is 3.85. The number of hydrogen-bond donors (Lipinski definition) is 0. The molecule has 0 radical (unpaired) electrons. The van der Waals surface area contributed by atoms with E-state index < -0.39 is 0 Å². The average molecular weight is 265 g/mol. The van der Waals surface area contributed by atoms with Crippen LogP contribution < -0.4 is 4.74 Å². The lowest BCUT2D eigenvalue weighted by Gasteiger charge is -2.06. The van der Waals surface area contributed by atoms with E-state index in [4.69, 9.17) is 16.3 Å². The fourth-order valence-electron chi connectivity index (χ4n) is 1.77. The van der Waals surface area contributed by atoms with Crippen molar-refractivity contribution >= 4 is 28.3 Å². The SMILES string of the molecule is COC(=O)Cc1ccc2cc(OCCl)ccc2c1. The van der Waals surface area contributed by atoms with Crippen molar-refractivity contribution in [3.8, 4) is 5.75 Å². The molecule has 18 heavy (non-hydrogen) atoms. The zero-order valence-electron chi connectivity index (χ0n) is 9.98. The highest BCUT2D eigenvalue weighted by Crippen LogP contribution is 2.22. The fourth-order valence-corrected chi connectivity index (χ4v) is 1.90. The van der Waals surface area contributed by atoms with Crippen molar-refractivity contribution in [1.82, 2.24) is 0 Å². The van der Waals surface area contributed by atoms with Gasteiger partial charge in [0.15, 0.2) is 6.07 Å². The molecule has 4 heteroatoms. The summed E-state index contributed by atoms with van der Waals surface area (Å²) < 4.78 is 9.86. The van der Waals surface area contributed by atoms with Gasteiger partial charge in [-0.1, -0.05) is 35.9 Å². The summed E-state index contributed by atoms with van der Waals surface area (Å²) >= 11 is 5.51. The van der Waals surface area contributed by atoms with Crippen LogP contribution in [0.5, 0.6) is 5.75 Å². The van der Waals surface area contributed by atoms with Gasteiger partial charge >= 0.3 is 5.97 Å². The molecule has 0 aromatic heterocycles. The molecule has 94 valence electrons. The van der Waals surface area contributed by atoms with Crippen LogP contribution in [-0.2, 0) is 16.0 Å². The molecule has 2 aromatic carbocycles. The van der Waals surface area contributed by atoms with Crippen molar-refractivity contribution in [3.63, 3.8) is 0 Å². The lowest BCUT2D eigenvalue weighted by Crippen LogP contribution is -2.04. The molecule has 2 rings (SSSR count). The molecule has 0 amide bonds. The second-order valence-corrected chi connectivity index (χ2v) is 4.07. The highest BCUT2D eigenvalue weighted by Gasteiger charge is 2.04. The fraction of sp³-hybridized carbons (Fsp3) is 0.214. The summed E-state index contributed by atoms with van der Waals surface area (Å²) in [6.45, 7) is 0. The number of carbonyl (C=O) groups is 1. The second kappa shape index (κ2) is 5.74. The van der Waals surface area contributed by atoms with E-state index >= 15 is 0 Å². The summed E-state index contributed by atoms with van der Waals surface area (Å²) in [6.07, 6.45) is 0.284. The quantitative estimate of drug-likeness (QED) is 0.629. The Morgan fingerprint density at radius 2 is 1.89 bits per heavy atom. The maximum atomic E-state index is 11.2. The van der Waals surface area contributed by atoms with Crippen molar-refractivity contribution in [2.45, 2.75) is 6.42 Å². The number of esters is 1. The Balaban J connectivity index is 2.29. The van der Waals surface area contributed by atoms with Gasteiger partial charge in [0.05, 0.1) is 13.5 Å². The van der Waals surface area contributed by atoms with Gasteiger partial charge in [-0.15, -0.1) is 0 Å². The van der Waals surface area contributed by atoms with Gasteiger partial charge in [-0.25, -0.2) is 0 Å². The molecular weight excluding hydrogens is 252 g/mol. The number of carbonyl (C=O) groups excluding carboxylic acids is 1. The number of hydrogen-bond acceptors (Lipinski definition) is 3. The topological polar surface area (TPSA) is 35.5 Å². The van der Waals surface area contributed by atoms with Crippen LogP contribution in [0.4, 0.5) is 0 Å². The Hall–Kier alpha value is -1.74. The number of benzene rings is 2. The summed E-state index contributed by atoms with van der Waals surface area (Å²) in [5.74, 6) is 0.495. The van der Waals surface area contributed by atoms with Crippen molar-refractivity contribution < 1.29 is 14.3 Å². The van der Waals surface area contributed by atoms with Crippen molar-refractivity contribution in [2.24, 2.45) is 0 Å². The first-order valence-corrected chi connectivity index (χ1v) is 6.04. The smallest absolute Gasteiger partial charge is 0.309 e. The molecule has 2 aromatic rings. The van der Waals surface area contributed by atoms with E-state index in [1.165, 1.54) is 7.11 Å². The molecule has 0 atom stereocenters. The number of methoxy groups -OCH3 is 1. The molecular formula is C14H13ClO3. The molecule has 0 saturated carbocycles. The van der Waals surface area contributed by atoms with E-state index in [-0.39, 0.29) is 18.5 Å². The summed E-state index contributed by atoms with van der Waals surface area (Å²) in [4.78, 5) is 11.2. The zero-order chi connectivity index (χ0) is 13.0. The Labute approximate surface area is 110 Å². The molecule has 0 saturated heterocycles. The number of halogens is 1. The monoisotopic (exact) mass is 264 g/mol. The lowest BCUT2D eigenvalue weighted by molar-refractivity contribution is -0.139. The van der Waals surface area contributed by atoms with Crippen LogP contribution in [0, 0.1) is 0 Å². The summed E-state index contributed by atoms with van der Waals surface area (Å²) in [7, 11) is 1.39. The first kappa shape index (κ1) is 12.7. The van der Waals surface area contributed by atoms with E-state index in [0.717, 1.165) is 22.1 Å². The van der Waals surface area contributed by atoms with E-state index in [1.807, 2.05) is 36.4 Å². The van der Waals surface area contributed by atoms with Gasteiger partial charge in [0.25, 0.3) is 0 Å². The lowest BCUT2D eigenvalue weighted by atomic mass is 10.0. The number of alkyl halides is 1. The third-order valence-electron chi connectivity index (χ3n) is 2.67. The molecule has 0 aliphatic rings. The highest BCUT2D eigenvalue weighted by atomic mass is 35.5. The largest absolute Gasteiger partial charge is 0.478 e. The van der Waals surface area contributed by atoms with Crippen molar-refractivity contribution in [1.29, 1.82) is 0 Å². The standard InChI is InChI=1S/C14H13ClO3/c1-17-14(16)7-10-2-3-12-8-13(18-9-15)5-4-11(12)6-10/h2-6,8H,7,9H2,1H3. The van der Waals surface area contributed by atoms with Crippen LogP contribution in [0.15, 0.2) is 36.4 Å². The van der Waals surface area contributed by atoms with Crippen LogP contribution in [0.1, 0.15) is 5.56 Å². The maximum Gasteiger partial charge on any atom is 0.309 e. The van der Waals surface area contributed by atoms with Gasteiger partial charge in [0.1, 0.15) is 5.75 Å². The molecule has 0 unspecified atom stereocenters. The third-order valence-corrected chi connectivity index (χ3v) is 2.78. The molecule has 0 aliphatic carbocycles. The molecule has 0 N–H and O–H groups in total.